The van der Waals surface area contributed by atoms with E-state index in [0.29, 0.717) is 12.3 Å². The van der Waals surface area contributed by atoms with Gasteiger partial charge < -0.3 is 15.0 Å². The van der Waals surface area contributed by atoms with Crippen molar-refractivity contribution in [3.63, 3.8) is 0 Å². The van der Waals surface area contributed by atoms with Crippen LogP contribution in [-0.2, 0) is 10.2 Å². The summed E-state index contributed by atoms with van der Waals surface area (Å²) in [4.78, 5) is 15.3. The Balaban J connectivity index is 1.37. The molecular formula is C21H21FN2O2. The van der Waals surface area contributed by atoms with Gasteiger partial charge in [-0.1, -0.05) is 17.7 Å². The van der Waals surface area contributed by atoms with Crippen molar-refractivity contribution in [3.8, 4) is 5.75 Å². The number of ether oxygens (including phenoxy) is 1. The van der Waals surface area contributed by atoms with Gasteiger partial charge in [0.05, 0.1) is 0 Å². The molecule has 3 aromatic rings. The summed E-state index contributed by atoms with van der Waals surface area (Å²) in [6.45, 7) is 2.57. The van der Waals surface area contributed by atoms with E-state index in [9.17, 15) is 9.18 Å². The van der Waals surface area contributed by atoms with Gasteiger partial charge in [0.15, 0.2) is 6.61 Å². The molecule has 0 atom stereocenters. The number of aromatic amines is 1. The van der Waals surface area contributed by atoms with E-state index in [0.717, 1.165) is 34.9 Å². The Morgan fingerprint density at radius 3 is 2.73 bits per heavy atom. The van der Waals surface area contributed by atoms with Crippen LogP contribution in [0.25, 0.3) is 10.9 Å². The fourth-order valence-corrected chi connectivity index (χ4v) is 3.33. The van der Waals surface area contributed by atoms with Crippen molar-refractivity contribution in [2.75, 3.05) is 13.2 Å². The fraction of sp³-hybridized carbons (Fsp3) is 0.286. The first-order valence-electron chi connectivity index (χ1n) is 8.79. The lowest BCUT2D eigenvalue weighted by molar-refractivity contribution is -0.123. The Bertz CT molecular complexity index is 942. The zero-order valence-corrected chi connectivity index (χ0v) is 14.6. The van der Waals surface area contributed by atoms with Crippen LogP contribution in [-0.4, -0.2) is 24.0 Å². The van der Waals surface area contributed by atoms with Crippen LogP contribution in [0.3, 0.4) is 0 Å². The van der Waals surface area contributed by atoms with E-state index in [1.54, 1.807) is 6.07 Å². The minimum Gasteiger partial charge on any atom is -0.484 e. The van der Waals surface area contributed by atoms with E-state index in [1.807, 2.05) is 37.4 Å². The number of hydrogen-bond acceptors (Lipinski definition) is 2. The van der Waals surface area contributed by atoms with Crippen molar-refractivity contribution in [3.05, 3.63) is 65.6 Å². The van der Waals surface area contributed by atoms with Crippen molar-refractivity contribution >= 4 is 16.8 Å². The van der Waals surface area contributed by atoms with Crippen molar-refractivity contribution < 1.29 is 13.9 Å². The third-order valence-electron chi connectivity index (χ3n) is 5.08. The highest BCUT2D eigenvalue weighted by Gasteiger charge is 2.45. The first kappa shape index (κ1) is 16.6. The zero-order valence-electron chi connectivity index (χ0n) is 14.6. The van der Waals surface area contributed by atoms with Crippen molar-refractivity contribution in [2.45, 2.75) is 25.2 Å². The predicted molar refractivity (Wildman–Crippen MR) is 98.9 cm³/mol. The first-order valence-corrected chi connectivity index (χ1v) is 8.79. The number of carbonyl (C=O) groups excluding carboxylic acids is 1. The fourth-order valence-electron chi connectivity index (χ4n) is 3.33. The molecule has 1 aliphatic carbocycles. The number of hydrogen-bond donors (Lipinski definition) is 2. The Morgan fingerprint density at radius 1 is 1.23 bits per heavy atom. The summed E-state index contributed by atoms with van der Waals surface area (Å²) in [5, 5.41) is 4.00. The van der Waals surface area contributed by atoms with Crippen LogP contribution in [0.1, 0.15) is 24.0 Å². The van der Waals surface area contributed by atoms with Gasteiger partial charge in [-0.3, -0.25) is 4.79 Å². The van der Waals surface area contributed by atoms with Gasteiger partial charge in [0.2, 0.25) is 0 Å². The summed E-state index contributed by atoms with van der Waals surface area (Å²) in [6.07, 6.45) is 3.96. The molecule has 1 aliphatic rings. The highest BCUT2D eigenvalue weighted by Crippen LogP contribution is 2.49. The summed E-state index contributed by atoms with van der Waals surface area (Å²) in [5.74, 6) is 0.297. The average Bonchev–Trinajstić information content (AvgIpc) is 3.31. The van der Waals surface area contributed by atoms with Gasteiger partial charge in [0.25, 0.3) is 5.91 Å². The maximum atomic E-state index is 13.4. The Kier molecular flexibility index (Phi) is 4.15. The standard InChI is InChI=1S/C21H21FN2O2/c1-14-2-5-16(6-3-14)26-12-20(25)24-13-21(8-9-21)18-11-23-19-10-15(22)4-7-17(18)19/h2-7,10-11,23H,8-9,12-13H2,1H3,(H,24,25). The first-order chi connectivity index (χ1) is 12.6. The number of fused-ring (bicyclic) bond motifs is 1. The number of carbonyl (C=O) groups is 1. The summed E-state index contributed by atoms with van der Waals surface area (Å²) in [6, 6.07) is 12.4. The second kappa shape index (κ2) is 6.48. The number of rotatable bonds is 6. The van der Waals surface area contributed by atoms with Crippen LogP contribution < -0.4 is 10.1 Å². The second-order valence-corrected chi connectivity index (χ2v) is 7.05. The van der Waals surface area contributed by atoms with E-state index < -0.39 is 0 Å². The largest absolute Gasteiger partial charge is 0.484 e. The summed E-state index contributed by atoms with van der Waals surface area (Å²) >= 11 is 0. The van der Waals surface area contributed by atoms with E-state index in [1.165, 1.54) is 12.1 Å². The molecule has 1 amide bonds. The van der Waals surface area contributed by atoms with E-state index >= 15 is 0 Å². The van der Waals surface area contributed by atoms with E-state index in [2.05, 4.69) is 10.3 Å². The molecule has 0 saturated heterocycles. The van der Waals surface area contributed by atoms with Crippen LogP contribution in [0.2, 0.25) is 0 Å². The minimum atomic E-state index is -0.252. The zero-order chi connectivity index (χ0) is 18.1. The highest BCUT2D eigenvalue weighted by molar-refractivity contribution is 5.85. The normalized spacial score (nSPS) is 15.0. The lowest BCUT2D eigenvalue weighted by atomic mass is 9.95. The van der Waals surface area contributed by atoms with Gasteiger partial charge in [0, 0.05) is 29.1 Å². The molecule has 1 aromatic heterocycles. The number of halogens is 1. The Hall–Kier alpha value is -2.82. The van der Waals surface area contributed by atoms with Gasteiger partial charge in [-0.15, -0.1) is 0 Å². The van der Waals surface area contributed by atoms with E-state index in [-0.39, 0.29) is 23.7 Å². The number of benzene rings is 2. The molecule has 0 aliphatic heterocycles. The molecule has 2 N–H and O–H groups in total. The third kappa shape index (κ3) is 3.29. The van der Waals surface area contributed by atoms with Crippen LogP contribution in [0.15, 0.2) is 48.7 Å². The maximum absolute atomic E-state index is 13.4. The van der Waals surface area contributed by atoms with Crippen LogP contribution in [0.5, 0.6) is 5.75 Å². The number of H-pyrrole nitrogens is 1. The Morgan fingerprint density at radius 2 is 2.00 bits per heavy atom. The van der Waals surface area contributed by atoms with Gasteiger partial charge in [-0.25, -0.2) is 4.39 Å². The lowest BCUT2D eigenvalue weighted by Crippen LogP contribution is -2.35. The number of aromatic nitrogens is 1. The summed E-state index contributed by atoms with van der Waals surface area (Å²) in [7, 11) is 0. The molecule has 0 unspecified atom stereocenters. The molecule has 1 saturated carbocycles. The predicted octanol–water partition coefficient (Wildman–Crippen LogP) is 3.84. The maximum Gasteiger partial charge on any atom is 0.257 e. The number of aryl methyl sites for hydroxylation is 1. The van der Waals surface area contributed by atoms with Crippen molar-refractivity contribution in [2.24, 2.45) is 0 Å². The van der Waals surface area contributed by atoms with Gasteiger partial charge in [0.1, 0.15) is 11.6 Å². The molecule has 4 rings (SSSR count). The topological polar surface area (TPSA) is 54.1 Å². The molecule has 1 fully saturated rings. The molecule has 5 heteroatoms. The van der Waals surface area contributed by atoms with Gasteiger partial charge in [-0.05, 0) is 55.7 Å². The molecule has 0 bridgehead atoms. The molecule has 1 heterocycles. The highest BCUT2D eigenvalue weighted by atomic mass is 19.1. The molecule has 2 aromatic carbocycles. The third-order valence-corrected chi connectivity index (χ3v) is 5.08. The van der Waals surface area contributed by atoms with Gasteiger partial charge in [-0.2, -0.15) is 0 Å². The van der Waals surface area contributed by atoms with Crippen LogP contribution >= 0.6 is 0 Å². The van der Waals surface area contributed by atoms with Crippen LogP contribution in [0.4, 0.5) is 4.39 Å². The average molecular weight is 352 g/mol. The minimum absolute atomic E-state index is 0.00175. The molecular weight excluding hydrogens is 331 g/mol. The SMILES string of the molecule is Cc1ccc(OCC(=O)NCC2(c3c[nH]c4cc(F)ccc34)CC2)cc1. The second-order valence-electron chi connectivity index (χ2n) is 7.05. The number of nitrogens with one attached hydrogen (secondary N) is 2. The summed E-state index contributed by atoms with van der Waals surface area (Å²) in [5.41, 5.74) is 3.03. The summed E-state index contributed by atoms with van der Waals surface area (Å²) < 4.78 is 18.9. The monoisotopic (exact) mass is 352 g/mol. The molecule has 0 spiro atoms. The quantitative estimate of drug-likeness (QED) is 0.708. The van der Waals surface area contributed by atoms with E-state index in [4.69, 9.17) is 4.74 Å². The van der Waals surface area contributed by atoms with Crippen molar-refractivity contribution in [1.29, 1.82) is 0 Å². The van der Waals surface area contributed by atoms with Crippen LogP contribution in [0, 0.1) is 12.7 Å². The van der Waals surface area contributed by atoms with Gasteiger partial charge >= 0.3 is 0 Å². The lowest BCUT2D eigenvalue weighted by Gasteiger charge is -2.16. The van der Waals surface area contributed by atoms with Crippen molar-refractivity contribution in [1.82, 2.24) is 10.3 Å². The smallest absolute Gasteiger partial charge is 0.257 e. The molecule has 26 heavy (non-hydrogen) atoms. The molecule has 134 valence electrons. The Labute approximate surface area is 151 Å². The molecule has 4 nitrogen and oxygen atoms in total. The number of amides is 1. The molecule has 0 radical (unpaired) electrons.